The molecule has 0 spiro atoms. The minimum atomic E-state index is -0.534. The van der Waals surface area contributed by atoms with E-state index in [1.807, 2.05) is 19.9 Å². The van der Waals surface area contributed by atoms with Gasteiger partial charge in [0, 0.05) is 17.5 Å². The number of carbonyl (C=O) groups is 1. The van der Waals surface area contributed by atoms with Gasteiger partial charge in [0.05, 0.1) is 6.04 Å². The summed E-state index contributed by atoms with van der Waals surface area (Å²) in [5.41, 5.74) is 7.36. The number of hydrogen-bond donors (Lipinski definition) is 2. The molecule has 1 atom stereocenters. The zero-order chi connectivity index (χ0) is 17.0. The van der Waals surface area contributed by atoms with E-state index in [4.69, 9.17) is 5.73 Å². The van der Waals surface area contributed by atoms with Crippen molar-refractivity contribution in [3.05, 3.63) is 46.2 Å². The van der Waals surface area contributed by atoms with Crippen molar-refractivity contribution in [3.63, 3.8) is 0 Å². The molecule has 0 unspecified atom stereocenters. The molecule has 0 saturated heterocycles. The van der Waals surface area contributed by atoms with Crippen LogP contribution in [-0.2, 0) is 11.2 Å². The van der Waals surface area contributed by atoms with E-state index in [9.17, 15) is 9.18 Å². The van der Waals surface area contributed by atoms with E-state index >= 15 is 0 Å². The average Bonchev–Trinajstić information content (AvgIpc) is 2.89. The van der Waals surface area contributed by atoms with Crippen LogP contribution in [0.5, 0.6) is 0 Å². The molecule has 1 amide bonds. The van der Waals surface area contributed by atoms with Gasteiger partial charge in [0.2, 0.25) is 5.91 Å². The van der Waals surface area contributed by atoms with Gasteiger partial charge in [-0.3, -0.25) is 4.79 Å². The summed E-state index contributed by atoms with van der Waals surface area (Å²) in [4.78, 5) is 17.1. The van der Waals surface area contributed by atoms with Crippen molar-refractivity contribution < 1.29 is 9.18 Å². The van der Waals surface area contributed by atoms with Gasteiger partial charge >= 0.3 is 0 Å². The molecule has 1 aromatic carbocycles. The number of hydrogen-bond acceptors (Lipinski definition) is 4. The Morgan fingerprint density at radius 3 is 2.83 bits per heavy atom. The van der Waals surface area contributed by atoms with Crippen LogP contribution in [0.4, 0.5) is 9.52 Å². The minimum absolute atomic E-state index is 0.208. The van der Waals surface area contributed by atoms with Crippen molar-refractivity contribution in [1.29, 1.82) is 0 Å². The van der Waals surface area contributed by atoms with Crippen LogP contribution in [0.15, 0.2) is 24.4 Å². The summed E-state index contributed by atoms with van der Waals surface area (Å²) in [5.74, 6) is -0.0692. The first-order chi connectivity index (χ1) is 10.8. The van der Waals surface area contributed by atoms with Gasteiger partial charge in [0.1, 0.15) is 5.82 Å². The third-order valence-corrected chi connectivity index (χ3v) is 4.37. The van der Waals surface area contributed by atoms with Crippen LogP contribution in [-0.4, -0.2) is 16.9 Å². The van der Waals surface area contributed by atoms with Gasteiger partial charge in [-0.25, -0.2) is 9.37 Å². The molecule has 0 bridgehead atoms. The smallest absolute Gasteiger partial charge is 0.243 e. The van der Waals surface area contributed by atoms with Crippen LogP contribution in [0.3, 0.4) is 0 Å². The second kappa shape index (κ2) is 7.66. The fourth-order valence-corrected chi connectivity index (χ4v) is 3.06. The van der Waals surface area contributed by atoms with Crippen LogP contribution in [0.1, 0.15) is 36.3 Å². The lowest BCUT2D eigenvalue weighted by Gasteiger charge is -2.12. The Labute approximate surface area is 139 Å². The fourth-order valence-electron chi connectivity index (χ4n) is 2.21. The Kier molecular flexibility index (Phi) is 5.85. The van der Waals surface area contributed by atoms with Crippen molar-refractivity contribution in [2.75, 3.05) is 5.32 Å². The molecule has 1 aromatic heterocycles. The predicted octanol–water partition coefficient (Wildman–Crippen LogP) is 3.49. The molecule has 23 heavy (non-hydrogen) atoms. The molecule has 3 N–H and O–H groups in total. The number of carbonyl (C=O) groups excluding carboxylic acids is 1. The quantitative estimate of drug-likeness (QED) is 0.849. The Balaban J connectivity index is 1.97. The molecule has 2 aromatic rings. The second-order valence-corrected chi connectivity index (χ2v) is 7.23. The van der Waals surface area contributed by atoms with Gasteiger partial charge in [0.15, 0.2) is 5.13 Å². The molecular weight excluding hydrogens is 313 g/mol. The van der Waals surface area contributed by atoms with Crippen LogP contribution >= 0.6 is 11.3 Å². The minimum Gasteiger partial charge on any atom is -0.320 e. The summed E-state index contributed by atoms with van der Waals surface area (Å²) < 4.78 is 13.6. The zero-order valence-electron chi connectivity index (χ0n) is 13.6. The maximum atomic E-state index is 13.6. The van der Waals surface area contributed by atoms with Gasteiger partial charge in [0.25, 0.3) is 0 Å². The normalized spacial score (nSPS) is 12.4. The van der Waals surface area contributed by atoms with Gasteiger partial charge in [-0.15, -0.1) is 11.3 Å². The summed E-state index contributed by atoms with van der Waals surface area (Å²) >= 11 is 1.38. The standard InChI is InChI=1S/C17H22FN3OS/c1-10(2)6-15(19)16(22)21-17-20-9-13(23-17)7-12-5-4-11(3)14(18)8-12/h4-5,8-10,15H,6-7,19H2,1-3H3,(H,20,21,22)/t15-/m0/s1. The van der Waals surface area contributed by atoms with Crippen molar-refractivity contribution in [3.8, 4) is 0 Å². The predicted molar refractivity (Wildman–Crippen MR) is 92.1 cm³/mol. The number of rotatable bonds is 6. The third kappa shape index (κ3) is 5.11. The average molecular weight is 335 g/mol. The van der Waals surface area contributed by atoms with Crippen molar-refractivity contribution in [2.45, 2.75) is 39.7 Å². The number of halogens is 1. The Bertz CT molecular complexity index is 684. The van der Waals surface area contributed by atoms with Crippen LogP contribution < -0.4 is 11.1 Å². The molecule has 0 saturated carbocycles. The molecule has 1 heterocycles. The topological polar surface area (TPSA) is 68.0 Å². The highest BCUT2D eigenvalue weighted by molar-refractivity contribution is 7.15. The number of anilines is 1. The number of benzene rings is 1. The fraction of sp³-hybridized carbons (Fsp3) is 0.412. The summed E-state index contributed by atoms with van der Waals surface area (Å²) in [6, 6.07) is 4.66. The lowest BCUT2D eigenvalue weighted by atomic mass is 10.0. The number of amides is 1. The lowest BCUT2D eigenvalue weighted by Crippen LogP contribution is -2.36. The summed E-state index contributed by atoms with van der Waals surface area (Å²) in [7, 11) is 0. The van der Waals surface area contributed by atoms with E-state index in [0.717, 1.165) is 10.4 Å². The summed E-state index contributed by atoms with van der Waals surface area (Å²) in [5, 5.41) is 3.27. The third-order valence-electron chi connectivity index (χ3n) is 3.46. The van der Waals surface area contributed by atoms with Gasteiger partial charge in [-0.05, 0) is 36.5 Å². The van der Waals surface area contributed by atoms with Crippen LogP contribution in [0, 0.1) is 18.7 Å². The van der Waals surface area contributed by atoms with Crippen molar-refractivity contribution >= 4 is 22.4 Å². The highest BCUT2D eigenvalue weighted by Gasteiger charge is 2.16. The maximum absolute atomic E-state index is 13.6. The first-order valence-electron chi connectivity index (χ1n) is 7.61. The highest BCUT2D eigenvalue weighted by atomic mass is 32.1. The molecular formula is C17H22FN3OS. The van der Waals surface area contributed by atoms with E-state index < -0.39 is 6.04 Å². The van der Waals surface area contributed by atoms with E-state index in [-0.39, 0.29) is 11.7 Å². The van der Waals surface area contributed by atoms with E-state index in [2.05, 4.69) is 10.3 Å². The Morgan fingerprint density at radius 2 is 2.17 bits per heavy atom. The van der Waals surface area contributed by atoms with Crippen molar-refractivity contribution in [2.24, 2.45) is 11.7 Å². The summed E-state index contributed by atoms with van der Waals surface area (Å²) in [6.07, 6.45) is 2.92. The molecule has 0 aliphatic heterocycles. The molecule has 6 heteroatoms. The number of nitrogens with two attached hydrogens (primary N) is 1. The molecule has 2 rings (SSSR count). The number of nitrogens with one attached hydrogen (secondary N) is 1. The molecule has 0 radical (unpaired) electrons. The van der Waals surface area contributed by atoms with Gasteiger partial charge in [-0.2, -0.15) is 0 Å². The number of aryl methyl sites for hydroxylation is 1. The van der Waals surface area contributed by atoms with Crippen molar-refractivity contribution in [1.82, 2.24) is 4.98 Å². The molecule has 0 fully saturated rings. The maximum Gasteiger partial charge on any atom is 0.243 e. The molecule has 0 aliphatic carbocycles. The SMILES string of the molecule is Cc1ccc(Cc2cnc(NC(=O)[C@@H](N)CC(C)C)s2)cc1F. The number of aromatic nitrogens is 1. The Morgan fingerprint density at radius 1 is 1.43 bits per heavy atom. The van der Waals surface area contributed by atoms with E-state index in [0.29, 0.717) is 29.5 Å². The van der Waals surface area contributed by atoms with Crippen LogP contribution in [0.25, 0.3) is 0 Å². The first kappa shape index (κ1) is 17.6. The van der Waals surface area contributed by atoms with Gasteiger partial charge < -0.3 is 11.1 Å². The lowest BCUT2D eigenvalue weighted by molar-refractivity contribution is -0.117. The number of thiazole rings is 1. The van der Waals surface area contributed by atoms with E-state index in [1.165, 1.54) is 17.4 Å². The largest absolute Gasteiger partial charge is 0.320 e. The zero-order valence-corrected chi connectivity index (χ0v) is 14.4. The first-order valence-corrected chi connectivity index (χ1v) is 8.43. The van der Waals surface area contributed by atoms with Gasteiger partial charge in [-0.1, -0.05) is 26.0 Å². The Hall–Kier alpha value is -1.79. The monoisotopic (exact) mass is 335 g/mol. The number of nitrogens with zero attached hydrogens (tertiary/aromatic N) is 1. The molecule has 124 valence electrons. The summed E-state index contributed by atoms with van der Waals surface area (Å²) in [6.45, 7) is 5.78. The molecule has 4 nitrogen and oxygen atoms in total. The van der Waals surface area contributed by atoms with E-state index in [1.54, 1.807) is 19.2 Å². The highest BCUT2D eigenvalue weighted by Crippen LogP contribution is 2.22. The molecule has 0 aliphatic rings. The second-order valence-electron chi connectivity index (χ2n) is 6.12. The van der Waals surface area contributed by atoms with Crippen LogP contribution in [0.2, 0.25) is 0 Å².